The Kier molecular flexibility index (Phi) is 4.20. The van der Waals surface area contributed by atoms with Gasteiger partial charge in [-0.2, -0.15) is 8.78 Å². The van der Waals surface area contributed by atoms with Crippen LogP contribution in [0, 0.1) is 11.6 Å². The second-order valence-corrected chi connectivity index (χ2v) is 3.35. The lowest BCUT2D eigenvalue weighted by Crippen LogP contribution is -2.41. The maximum Gasteiger partial charge on any atom is 0.324 e. The molecule has 0 bridgehead atoms. The summed E-state index contributed by atoms with van der Waals surface area (Å²) in [5.74, 6) is -8.70. The lowest BCUT2D eigenvalue weighted by Gasteiger charge is -2.15. The standard InChI is InChI=1S/C10H7F6NO/c11-6-3-1-2-5(7(6)12)8(18)17-4-10(15,16)9(13)14/h1-3,9H,4H2,(H,17,18). The van der Waals surface area contributed by atoms with Gasteiger partial charge in [0, 0.05) is 0 Å². The second kappa shape index (κ2) is 5.28. The second-order valence-electron chi connectivity index (χ2n) is 3.35. The molecule has 0 heterocycles. The van der Waals surface area contributed by atoms with Crippen molar-refractivity contribution in [3.63, 3.8) is 0 Å². The molecule has 0 aliphatic rings. The SMILES string of the molecule is O=C(NCC(F)(F)C(F)F)c1cccc(F)c1F. The van der Waals surface area contributed by atoms with Crippen LogP contribution < -0.4 is 5.32 Å². The van der Waals surface area contributed by atoms with Crippen molar-refractivity contribution in [2.75, 3.05) is 6.54 Å². The maximum atomic E-state index is 13.1. The fourth-order valence-corrected chi connectivity index (χ4v) is 1.05. The van der Waals surface area contributed by atoms with Gasteiger partial charge in [-0.3, -0.25) is 4.79 Å². The number of nitrogens with one attached hydrogen (secondary N) is 1. The highest BCUT2D eigenvalue weighted by Gasteiger charge is 2.41. The Morgan fingerprint density at radius 1 is 1.28 bits per heavy atom. The van der Waals surface area contributed by atoms with Crippen LogP contribution in [-0.2, 0) is 0 Å². The Hall–Kier alpha value is -1.73. The molecule has 0 unspecified atom stereocenters. The first kappa shape index (κ1) is 14.3. The van der Waals surface area contributed by atoms with Crippen LogP contribution in [0.1, 0.15) is 10.4 Å². The van der Waals surface area contributed by atoms with Crippen molar-refractivity contribution in [2.45, 2.75) is 12.3 Å². The summed E-state index contributed by atoms with van der Waals surface area (Å²) < 4.78 is 74.3. The Balaban J connectivity index is 2.75. The molecule has 0 saturated carbocycles. The number of hydrogen-bond acceptors (Lipinski definition) is 1. The van der Waals surface area contributed by atoms with E-state index >= 15 is 0 Å². The molecule has 1 aromatic rings. The Bertz CT molecular complexity index is 448. The lowest BCUT2D eigenvalue weighted by molar-refractivity contribution is -0.123. The first-order valence-corrected chi connectivity index (χ1v) is 4.64. The van der Waals surface area contributed by atoms with Gasteiger partial charge >= 0.3 is 12.3 Å². The fourth-order valence-electron chi connectivity index (χ4n) is 1.05. The molecule has 1 amide bonds. The van der Waals surface area contributed by atoms with Crippen molar-refractivity contribution in [3.8, 4) is 0 Å². The Morgan fingerprint density at radius 2 is 1.89 bits per heavy atom. The quantitative estimate of drug-likeness (QED) is 0.838. The van der Waals surface area contributed by atoms with Crippen molar-refractivity contribution in [3.05, 3.63) is 35.4 Å². The van der Waals surface area contributed by atoms with Gasteiger partial charge < -0.3 is 5.32 Å². The molecule has 0 spiro atoms. The Labute approximate surface area is 97.6 Å². The number of carbonyl (C=O) groups is 1. The summed E-state index contributed by atoms with van der Waals surface area (Å²) in [6.07, 6.45) is -3.96. The molecule has 0 aromatic heterocycles. The average molecular weight is 271 g/mol. The molecule has 8 heteroatoms. The number of halogens is 6. The summed E-state index contributed by atoms with van der Waals surface area (Å²) in [6.45, 7) is -1.67. The molecule has 100 valence electrons. The minimum atomic E-state index is -4.43. The molecular weight excluding hydrogens is 264 g/mol. The molecule has 0 aliphatic carbocycles. The predicted octanol–water partition coefficient (Wildman–Crippen LogP) is 2.60. The highest BCUT2D eigenvalue weighted by atomic mass is 19.3. The van der Waals surface area contributed by atoms with E-state index in [2.05, 4.69) is 0 Å². The van der Waals surface area contributed by atoms with Gasteiger partial charge in [0.2, 0.25) is 0 Å². The van der Waals surface area contributed by atoms with Crippen LogP contribution in [0.15, 0.2) is 18.2 Å². The molecular formula is C10H7F6NO. The molecule has 0 atom stereocenters. The number of carbonyl (C=O) groups excluding carboxylic acids is 1. The van der Waals surface area contributed by atoms with Gasteiger partial charge in [-0.15, -0.1) is 0 Å². The molecule has 1 aromatic carbocycles. The number of alkyl halides is 4. The van der Waals surface area contributed by atoms with E-state index in [-0.39, 0.29) is 0 Å². The van der Waals surface area contributed by atoms with Gasteiger partial charge in [0.25, 0.3) is 5.91 Å². The van der Waals surface area contributed by atoms with Crippen molar-refractivity contribution < 1.29 is 31.1 Å². The smallest absolute Gasteiger partial charge is 0.324 e. The molecule has 0 fully saturated rings. The monoisotopic (exact) mass is 271 g/mol. The van der Waals surface area contributed by atoms with E-state index in [4.69, 9.17) is 0 Å². The lowest BCUT2D eigenvalue weighted by atomic mass is 10.2. The van der Waals surface area contributed by atoms with Crippen molar-refractivity contribution in [1.82, 2.24) is 5.32 Å². The van der Waals surface area contributed by atoms with Crippen LogP contribution in [0.4, 0.5) is 26.3 Å². The molecule has 0 radical (unpaired) electrons. The minimum Gasteiger partial charge on any atom is -0.346 e. The van der Waals surface area contributed by atoms with Gasteiger partial charge in [0.05, 0.1) is 12.1 Å². The number of hydrogen-bond donors (Lipinski definition) is 1. The number of amides is 1. The molecule has 1 rings (SSSR count). The average Bonchev–Trinajstić information content (AvgIpc) is 2.29. The summed E-state index contributed by atoms with van der Waals surface area (Å²) in [5, 5.41) is 1.41. The summed E-state index contributed by atoms with van der Waals surface area (Å²) >= 11 is 0. The van der Waals surface area contributed by atoms with Gasteiger partial charge in [-0.25, -0.2) is 17.6 Å². The summed E-state index contributed by atoms with van der Waals surface area (Å²) in [6, 6.07) is 2.55. The highest BCUT2D eigenvalue weighted by Crippen LogP contribution is 2.21. The molecule has 0 saturated heterocycles. The van der Waals surface area contributed by atoms with E-state index in [1.165, 1.54) is 5.32 Å². The zero-order valence-corrected chi connectivity index (χ0v) is 8.69. The largest absolute Gasteiger partial charge is 0.346 e. The highest BCUT2D eigenvalue weighted by molar-refractivity contribution is 5.94. The summed E-state index contributed by atoms with van der Waals surface area (Å²) in [5.41, 5.74) is -0.833. The summed E-state index contributed by atoms with van der Waals surface area (Å²) in [4.78, 5) is 11.2. The van der Waals surface area contributed by atoms with Gasteiger partial charge in [-0.05, 0) is 12.1 Å². The van der Waals surface area contributed by atoms with E-state index in [1.54, 1.807) is 0 Å². The topological polar surface area (TPSA) is 29.1 Å². The van der Waals surface area contributed by atoms with Crippen LogP contribution in [0.5, 0.6) is 0 Å². The summed E-state index contributed by atoms with van der Waals surface area (Å²) in [7, 11) is 0. The molecule has 1 N–H and O–H groups in total. The van der Waals surface area contributed by atoms with E-state index in [1.807, 2.05) is 0 Å². The minimum absolute atomic E-state index is 0.722. The van der Waals surface area contributed by atoms with Crippen molar-refractivity contribution in [1.29, 1.82) is 0 Å². The number of benzene rings is 1. The van der Waals surface area contributed by atoms with Gasteiger partial charge in [0.1, 0.15) is 0 Å². The normalized spacial score (nSPS) is 11.7. The molecule has 0 aliphatic heterocycles. The van der Waals surface area contributed by atoms with Crippen molar-refractivity contribution in [2.24, 2.45) is 0 Å². The van der Waals surface area contributed by atoms with E-state index in [9.17, 15) is 31.1 Å². The van der Waals surface area contributed by atoms with Gasteiger partial charge in [0.15, 0.2) is 11.6 Å². The molecule has 2 nitrogen and oxygen atoms in total. The van der Waals surface area contributed by atoms with Crippen LogP contribution >= 0.6 is 0 Å². The third-order valence-corrected chi connectivity index (χ3v) is 2.00. The van der Waals surface area contributed by atoms with E-state index < -0.39 is 42.0 Å². The maximum absolute atomic E-state index is 13.1. The molecule has 18 heavy (non-hydrogen) atoms. The first-order chi connectivity index (χ1) is 8.25. The van der Waals surface area contributed by atoms with Crippen LogP contribution in [0.25, 0.3) is 0 Å². The Morgan fingerprint density at radius 3 is 2.44 bits per heavy atom. The third kappa shape index (κ3) is 3.14. The van der Waals surface area contributed by atoms with Crippen LogP contribution in [0.3, 0.4) is 0 Å². The van der Waals surface area contributed by atoms with Crippen LogP contribution in [-0.4, -0.2) is 24.8 Å². The zero-order chi connectivity index (χ0) is 13.9. The van der Waals surface area contributed by atoms with Crippen LogP contribution in [0.2, 0.25) is 0 Å². The zero-order valence-electron chi connectivity index (χ0n) is 8.69. The van der Waals surface area contributed by atoms with E-state index in [0.717, 1.165) is 18.2 Å². The van der Waals surface area contributed by atoms with Crippen molar-refractivity contribution >= 4 is 5.91 Å². The fraction of sp³-hybridized carbons (Fsp3) is 0.300. The predicted molar refractivity (Wildman–Crippen MR) is 49.6 cm³/mol. The van der Waals surface area contributed by atoms with E-state index in [0.29, 0.717) is 0 Å². The number of rotatable bonds is 4. The van der Waals surface area contributed by atoms with Gasteiger partial charge in [-0.1, -0.05) is 6.07 Å². The third-order valence-electron chi connectivity index (χ3n) is 2.00. The first-order valence-electron chi connectivity index (χ1n) is 4.64.